The number of carbonyl (C=O) groups excluding carboxylic acids is 2. The summed E-state index contributed by atoms with van der Waals surface area (Å²) in [6, 6.07) is 9.82. The molecule has 7 nitrogen and oxygen atoms in total. The number of carbonyl (C=O) groups is 2. The second kappa shape index (κ2) is 9.71. The van der Waals surface area contributed by atoms with Crippen molar-refractivity contribution in [2.24, 2.45) is 11.7 Å². The maximum atomic E-state index is 12.3. The molecule has 1 saturated heterocycles. The monoisotopic (exact) mass is 427 g/mol. The van der Waals surface area contributed by atoms with Crippen LogP contribution in [0.3, 0.4) is 0 Å². The molecule has 2 heterocycles. The van der Waals surface area contributed by atoms with Crippen molar-refractivity contribution in [2.45, 2.75) is 33.1 Å². The van der Waals surface area contributed by atoms with Crippen LogP contribution >= 0.6 is 11.6 Å². The van der Waals surface area contributed by atoms with E-state index in [1.54, 1.807) is 0 Å². The molecule has 1 fully saturated rings. The van der Waals surface area contributed by atoms with E-state index in [4.69, 9.17) is 17.3 Å². The van der Waals surface area contributed by atoms with Crippen molar-refractivity contribution >= 4 is 34.7 Å². The van der Waals surface area contributed by atoms with Crippen molar-refractivity contribution in [1.29, 1.82) is 0 Å². The highest BCUT2D eigenvalue weighted by Crippen LogP contribution is 2.29. The molecule has 0 spiro atoms. The van der Waals surface area contributed by atoms with Gasteiger partial charge >= 0.3 is 0 Å². The standard InChI is InChI=1S/C22H26ClN5O2/c1-14-21(11-20(27-26-14)19(12-24)22(30)25-15(2)29)28-9-3-4-17(13-28)10-16-5-7-18(23)8-6-16/h5-8,11-12,17H,3-4,9-10,13,24H2,1-2H3,(H,25,29,30)/b19-12-. The van der Waals surface area contributed by atoms with Gasteiger partial charge in [-0.05, 0) is 55.9 Å². The van der Waals surface area contributed by atoms with Crippen LogP contribution in [0.2, 0.25) is 5.02 Å². The number of nitrogens with zero attached hydrogens (tertiary/aromatic N) is 3. The van der Waals surface area contributed by atoms with E-state index in [1.165, 1.54) is 12.5 Å². The number of amides is 2. The normalized spacial score (nSPS) is 17.0. The van der Waals surface area contributed by atoms with Crippen LogP contribution in [0.15, 0.2) is 36.5 Å². The minimum absolute atomic E-state index is 0.119. The Kier molecular flexibility index (Phi) is 7.05. The summed E-state index contributed by atoms with van der Waals surface area (Å²) in [4.78, 5) is 25.8. The van der Waals surface area contributed by atoms with Gasteiger partial charge in [-0.2, -0.15) is 5.10 Å². The summed E-state index contributed by atoms with van der Waals surface area (Å²) >= 11 is 6.00. The minimum atomic E-state index is -0.589. The molecule has 3 rings (SSSR count). The van der Waals surface area contributed by atoms with Gasteiger partial charge in [0.1, 0.15) is 5.69 Å². The Morgan fingerprint density at radius 2 is 2.03 bits per heavy atom. The van der Waals surface area contributed by atoms with Gasteiger partial charge in [0.05, 0.1) is 17.0 Å². The molecule has 1 atom stereocenters. The van der Waals surface area contributed by atoms with Crippen LogP contribution in [0.25, 0.3) is 5.57 Å². The van der Waals surface area contributed by atoms with Crippen molar-refractivity contribution in [3.63, 3.8) is 0 Å². The lowest BCUT2D eigenvalue weighted by Gasteiger charge is -2.35. The fraction of sp³-hybridized carbons (Fsp3) is 0.364. The maximum Gasteiger partial charge on any atom is 0.261 e. The number of rotatable bonds is 5. The molecule has 2 amide bonds. The van der Waals surface area contributed by atoms with Gasteiger partial charge in [0, 0.05) is 31.2 Å². The van der Waals surface area contributed by atoms with E-state index in [9.17, 15) is 9.59 Å². The smallest absolute Gasteiger partial charge is 0.261 e. The fourth-order valence-corrected chi connectivity index (χ4v) is 3.93. The molecule has 2 aromatic rings. The van der Waals surface area contributed by atoms with E-state index in [0.29, 0.717) is 11.6 Å². The molecule has 1 aliphatic rings. The largest absolute Gasteiger partial charge is 0.404 e. The third-order valence-electron chi connectivity index (χ3n) is 5.23. The number of hydrogen-bond acceptors (Lipinski definition) is 6. The average molecular weight is 428 g/mol. The Balaban J connectivity index is 1.79. The van der Waals surface area contributed by atoms with Crippen LogP contribution in [0.1, 0.15) is 36.7 Å². The highest BCUT2D eigenvalue weighted by atomic mass is 35.5. The van der Waals surface area contributed by atoms with Crippen molar-refractivity contribution < 1.29 is 9.59 Å². The van der Waals surface area contributed by atoms with E-state index in [0.717, 1.165) is 55.0 Å². The van der Waals surface area contributed by atoms with Gasteiger partial charge in [-0.25, -0.2) is 0 Å². The SMILES string of the molecule is CC(=O)NC(=O)/C(=C\N)c1cc(N2CCCC(Cc3ccc(Cl)cc3)C2)c(C)nn1. The number of piperidine rings is 1. The lowest BCUT2D eigenvalue weighted by molar-refractivity contribution is -0.126. The van der Waals surface area contributed by atoms with Gasteiger partial charge < -0.3 is 10.6 Å². The number of halogens is 1. The topological polar surface area (TPSA) is 101 Å². The second-order valence-electron chi connectivity index (χ2n) is 7.58. The van der Waals surface area contributed by atoms with E-state index >= 15 is 0 Å². The van der Waals surface area contributed by atoms with Gasteiger partial charge in [0.15, 0.2) is 0 Å². The Hall–Kier alpha value is -2.93. The predicted octanol–water partition coefficient (Wildman–Crippen LogP) is 2.86. The molecule has 0 saturated carbocycles. The van der Waals surface area contributed by atoms with Crippen LogP contribution in [-0.2, 0) is 16.0 Å². The first-order chi connectivity index (χ1) is 14.4. The summed E-state index contributed by atoms with van der Waals surface area (Å²) in [6.07, 6.45) is 4.35. The second-order valence-corrected chi connectivity index (χ2v) is 8.01. The number of benzene rings is 1. The van der Waals surface area contributed by atoms with Crippen molar-refractivity contribution in [3.8, 4) is 0 Å². The third kappa shape index (κ3) is 5.36. The predicted molar refractivity (Wildman–Crippen MR) is 118 cm³/mol. The first kappa shape index (κ1) is 21.8. The highest BCUT2D eigenvalue weighted by molar-refractivity contribution is 6.30. The number of nitrogens with one attached hydrogen (secondary N) is 1. The van der Waals surface area contributed by atoms with Gasteiger partial charge in [0.25, 0.3) is 5.91 Å². The molecule has 30 heavy (non-hydrogen) atoms. The Morgan fingerprint density at radius 1 is 1.30 bits per heavy atom. The van der Waals surface area contributed by atoms with E-state index in [1.807, 2.05) is 25.1 Å². The first-order valence-corrected chi connectivity index (χ1v) is 10.3. The number of hydrogen-bond donors (Lipinski definition) is 2. The minimum Gasteiger partial charge on any atom is -0.404 e. The molecule has 0 bridgehead atoms. The zero-order valence-corrected chi connectivity index (χ0v) is 17.9. The summed E-state index contributed by atoms with van der Waals surface area (Å²) in [7, 11) is 0. The summed E-state index contributed by atoms with van der Waals surface area (Å²) in [5, 5.41) is 11.3. The number of aryl methyl sites for hydroxylation is 1. The van der Waals surface area contributed by atoms with Crippen LogP contribution in [0, 0.1) is 12.8 Å². The van der Waals surface area contributed by atoms with Gasteiger partial charge in [-0.1, -0.05) is 23.7 Å². The molecular weight excluding hydrogens is 402 g/mol. The van der Waals surface area contributed by atoms with Gasteiger partial charge in [0.2, 0.25) is 5.91 Å². The fourth-order valence-electron chi connectivity index (χ4n) is 3.80. The summed E-state index contributed by atoms with van der Waals surface area (Å²) < 4.78 is 0. The molecule has 1 aliphatic heterocycles. The summed E-state index contributed by atoms with van der Waals surface area (Å²) in [6.45, 7) is 4.96. The highest BCUT2D eigenvalue weighted by Gasteiger charge is 2.24. The Bertz CT molecular complexity index is 959. The molecule has 1 aromatic heterocycles. The number of imide groups is 1. The Labute approximate surface area is 181 Å². The Morgan fingerprint density at radius 3 is 2.70 bits per heavy atom. The number of aromatic nitrogens is 2. The lowest BCUT2D eigenvalue weighted by Crippen LogP contribution is -2.37. The number of nitrogens with two attached hydrogens (primary N) is 1. The summed E-state index contributed by atoms with van der Waals surface area (Å²) in [5.74, 6) is -0.546. The van der Waals surface area contributed by atoms with Crippen LogP contribution in [0.4, 0.5) is 5.69 Å². The lowest BCUT2D eigenvalue weighted by atomic mass is 9.91. The molecule has 1 aromatic carbocycles. The molecule has 158 valence electrons. The molecule has 0 radical (unpaired) electrons. The molecule has 8 heteroatoms. The van der Waals surface area contributed by atoms with Crippen molar-refractivity contribution in [2.75, 3.05) is 18.0 Å². The quantitative estimate of drug-likeness (QED) is 0.711. The zero-order chi connectivity index (χ0) is 21.7. The maximum absolute atomic E-state index is 12.3. The van der Waals surface area contributed by atoms with Gasteiger partial charge in [-0.15, -0.1) is 5.10 Å². The molecule has 1 unspecified atom stereocenters. The van der Waals surface area contributed by atoms with Gasteiger partial charge in [-0.3, -0.25) is 14.9 Å². The van der Waals surface area contributed by atoms with E-state index < -0.39 is 11.8 Å². The molecular formula is C22H26ClN5O2. The third-order valence-corrected chi connectivity index (χ3v) is 5.48. The van der Waals surface area contributed by atoms with Crippen LogP contribution in [0.5, 0.6) is 0 Å². The first-order valence-electron chi connectivity index (χ1n) is 9.95. The average Bonchev–Trinajstić information content (AvgIpc) is 2.71. The molecule has 0 aliphatic carbocycles. The van der Waals surface area contributed by atoms with Crippen molar-refractivity contribution in [3.05, 3.63) is 58.5 Å². The summed E-state index contributed by atoms with van der Waals surface area (Å²) in [5.41, 5.74) is 9.09. The van der Waals surface area contributed by atoms with Crippen LogP contribution in [-0.4, -0.2) is 35.1 Å². The van der Waals surface area contributed by atoms with E-state index in [-0.39, 0.29) is 5.57 Å². The zero-order valence-electron chi connectivity index (χ0n) is 17.2. The number of anilines is 1. The van der Waals surface area contributed by atoms with E-state index in [2.05, 4.69) is 32.5 Å². The van der Waals surface area contributed by atoms with Crippen LogP contribution < -0.4 is 16.0 Å². The van der Waals surface area contributed by atoms with Crippen molar-refractivity contribution in [1.82, 2.24) is 15.5 Å². The molecule has 3 N–H and O–H groups in total.